The molecule has 5 heteroatoms. The van der Waals surface area contributed by atoms with Gasteiger partial charge in [-0.2, -0.15) is 0 Å². The van der Waals surface area contributed by atoms with Gasteiger partial charge in [-0.1, -0.05) is 19.9 Å². The third kappa shape index (κ3) is 5.27. The number of rotatable bonds is 6. The Labute approximate surface area is 136 Å². The lowest BCUT2D eigenvalue weighted by atomic mass is 9.92. The number of carbonyl (C=O) groups excluding carboxylic acids is 1. The maximum atomic E-state index is 14.0. The Morgan fingerprint density at radius 3 is 2.61 bits per heavy atom. The summed E-state index contributed by atoms with van der Waals surface area (Å²) in [6.45, 7) is 5.87. The van der Waals surface area contributed by atoms with Crippen LogP contribution in [0.5, 0.6) is 0 Å². The summed E-state index contributed by atoms with van der Waals surface area (Å²) in [6, 6.07) is 3.08. The summed E-state index contributed by atoms with van der Waals surface area (Å²) >= 11 is 0. The summed E-state index contributed by atoms with van der Waals surface area (Å²) in [4.78, 5) is 12.2. The molecule has 1 fully saturated rings. The van der Waals surface area contributed by atoms with Gasteiger partial charge in [-0.15, -0.1) is 0 Å². The summed E-state index contributed by atoms with van der Waals surface area (Å²) in [6.07, 6.45) is 3.53. The van der Waals surface area contributed by atoms with Crippen LogP contribution >= 0.6 is 0 Å². The summed E-state index contributed by atoms with van der Waals surface area (Å²) < 4.78 is 27.1. The highest BCUT2D eigenvalue weighted by Gasteiger charge is 2.22. The summed E-state index contributed by atoms with van der Waals surface area (Å²) in [5, 5.41) is 6.22. The van der Waals surface area contributed by atoms with Crippen molar-refractivity contribution in [2.24, 2.45) is 11.8 Å². The zero-order chi connectivity index (χ0) is 16.8. The summed E-state index contributed by atoms with van der Waals surface area (Å²) in [7, 11) is 0. The molecule has 0 spiro atoms. The second kappa shape index (κ2) is 8.39. The van der Waals surface area contributed by atoms with Crippen LogP contribution in [0.2, 0.25) is 0 Å². The maximum Gasteiger partial charge on any atom is 0.220 e. The molecule has 0 aromatic heterocycles. The molecule has 1 atom stereocenters. The Hall–Kier alpha value is -1.49. The first-order chi connectivity index (χ1) is 11.0. The van der Waals surface area contributed by atoms with Gasteiger partial charge < -0.3 is 10.6 Å². The lowest BCUT2D eigenvalue weighted by molar-refractivity contribution is -0.122. The topological polar surface area (TPSA) is 41.1 Å². The monoisotopic (exact) mass is 324 g/mol. The van der Waals surface area contributed by atoms with Gasteiger partial charge in [0.2, 0.25) is 5.91 Å². The quantitative estimate of drug-likeness (QED) is 0.840. The van der Waals surface area contributed by atoms with Gasteiger partial charge in [0.05, 0.1) is 6.04 Å². The third-order valence-corrected chi connectivity index (χ3v) is 4.52. The van der Waals surface area contributed by atoms with E-state index in [1.165, 1.54) is 12.1 Å². The minimum absolute atomic E-state index is 0.0257. The largest absolute Gasteiger partial charge is 0.349 e. The van der Waals surface area contributed by atoms with Crippen molar-refractivity contribution in [3.8, 4) is 0 Å². The van der Waals surface area contributed by atoms with Crippen molar-refractivity contribution in [3.05, 3.63) is 35.4 Å². The zero-order valence-electron chi connectivity index (χ0n) is 13.9. The third-order valence-electron chi connectivity index (χ3n) is 4.52. The van der Waals surface area contributed by atoms with E-state index >= 15 is 0 Å². The molecule has 2 rings (SSSR count). The van der Waals surface area contributed by atoms with Gasteiger partial charge in [-0.3, -0.25) is 4.79 Å². The van der Waals surface area contributed by atoms with Crippen LogP contribution < -0.4 is 10.6 Å². The van der Waals surface area contributed by atoms with Gasteiger partial charge in [0, 0.05) is 18.1 Å². The minimum atomic E-state index is -0.609. The van der Waals surface area contributed by atoms with E-state index in [4.69, 9.17) is 0 Å². The standard InChI is InChI=1S/C18H26F2N2O/c1-12(2)18(15-5-4-14(19)11-16(15)20)22-17(23)6-3-13-7-9-21-10-8-13/h4-5,11-13,18,21H,3,6-10H2,1-2H3,(H,22,23). The van der Waals surface area contributed by atoms with E-state index in [2.05, 4.69) is 10.6 Å². The Morgan fingerprint density at radius 2 is 2.00 bits per heavy atom. The molecule has 2 N–H and O–H groups in total. The molecule has 1 unspecified atom stereocenters. The molecule has 128 valence electrons. The first kappa shape index (κ1) is 17.9. The normalized spacial score (nSPS) is 17.3. The van der Waals surface area contributed by atoms with E-state index in [0.717, 1.165) is 38.4 Å². The van der Waals surface area contributed by atoms with E-state index < -0.39 is 17.7 Å². The summed E-state index contributed by atoms with van der Waals surface area (Å²) in [5.74, 6) is -0.667. The average molecular weight is 324 g/mol. The van der Waals surface area contributed by atoms with E-state index in [0.29, 0.717) is 17.9 Å². The van der Waals surface area contributed by atoms with Gasteiger partial charge in [0.1, 0.15) is 11.6 Å². The molecule has 3 nitrogen and oxygen atoms in total. The van der Waals surface area contributed by atoms with Crippen molar-refractivity contribution in [2.45, 2.75) is 45.6 Å². The lowest BCUT2D eigenvalue weighted by Gasteiger charge is -2.25. The second-order valence-corrected chi connectivity index (χ2v) is 6.69. The van der Waals surface area contributed by atoms with Crippen molar-refractivity contribution in [1.29, 1.82) is 0 Å². The van der Waals surface area contributed by atoms with Crippen LogP contribution in [0, 0.1) is 23.5 Å². The number of benzene rings is 1. The van der Waals surface area contributed by atoms with Gasteiger partial charge in [-0.05, 0) is 50.3 Å². The highest BCUT2D eigenvalue weighted by Crippen LogP contribution is 2.25. The highest BCUT2D eigenvalue weighted by atomic mass is 19.1. The van der Waals surface area contributed by atoms with Crippen molar-refractivity contribution in [2.75, 3.05) is 13.1 Å². The highest BCUT2D eigenvalue weighted by molar-refractivity contribution is 5.76. The van der Waals surface area contributed by atoms with Crippen LogP contribution in [0.1, 0.15) is 51.1 Å². The predicted octanol–water partition coefficient (Wildman–Crippen LogP) is 3.56. The number of piperidine rings is 1. The molecule has 23 heavy (non-hydrogen) atoms. The number of carbonyl (C=O) groups is 1. The van der Waals surface area contributed by atoms with E-state index in [9.17, 15) is 13.6 Å². The van der Waals surface area contributed by atoms with Crippen LogP contribution in [-0.4, -0.2) is 19.0 Å². The van der Waals surface area contributed by atoms with Gasteiger partial charge in [0.15, 0.2) is 0 Å². The van der Waals surface area contributed by atoms with E-state index in [1.807, 2.05) is 13.8 Å². The fraction of sp³-hybridized carbons (Fsp3) is 0.611. The molecule has 0 bridgehead atoms. The average Bonchev–Trinajstić information content (AvgIpc) is 2.52. The number of hydrogen-bond acceptors (Lipinski definition) is 2. The van der Waals surface area contributed by atoms with Crippen molar-refractivity contribution >= 4 is 5.91 Å². The Morgan fingerprint density at radius 1 is 1.30 bits per heavy atom. The Kier molecular flexibility index (Phi) is 6.51. The van der Waals surface area contributed by atoms with Crippen molar-refractivity contribution in [3.63, 3.8) is 0 Å². The van der Waals surface area contributed by atoms with E-state index in [1.54, 1.807) is 0 Å². The van der Waals surface area contributed by atoms with Crippen LogP contribution in [-0.2, 0) is 4.79 Å². The predicted molar refractivity (Wildman–Crippen MR) is 86.9 cm³/mol. The SMILES string of the molecule is CC(C)C(NC(=O)CCC1CCNCC1)c1ccc(F)cc1F. The molecular weight excluding hydrogens is 298 g/mol. The van der Waals surface area contributed by atoms with Gasteiger partial charge in [-0.25, -0.2) is 8.78 Å². The van der Waals surface area contributed by atoms with Crippen LogP contribution in [0.25, 0.3) is 0 Å². The molecule has 0 aliphatic carbocycles. The number of nitrogens with one attached hydrogen (secondary N) is 2. The first-order valence-corrected chi connectivity index (χ1v) is 8.42. The van der Waals surface area contributed by atoms with Crippen molar-refractivity contribution in [1.82, 2.24) is 10.6 Å². The van der Waals surface area contributed by atoms with Crippen LogP contribution in [0.3, 0.4) is 0 Å². The van der Waals surface area contributed by atoms with E-state index in [-0.39, 0.29) is 11.8 Å². The molecule has 0 radical (unpaired) electrons. The molecular formula is C18H26F2N2O. The smallest absolute Gasteiger partial charge is 0.220 e. The lowest BCUT2D eigenvalue weighted by Crippen LogP contribution is -2.33. The molecule has 1 aliphatic heterocycles. The maximum absolute atomic E-state index is 14.0. The zero-order valence-corrected chi connectivity index (χ0v) is 13.9. The fourth-order valence-electron chi connectivity index (χ4n) is 3.11. The Bertz CT molecular complexity index is 528. The molecule has 1 aliphatic rings. The van der Waals surface area contributed by atoms with Gasteiger partial charge in [0.25, 0.3) is 0 Å². The Balaban J connectivity index is 1.94. The summed E-state index contributed by atoms with van der Waals surface area (Å²) in [5.41, 5.74) is 0.344. The molecule has 0 saturated carbocycles. The van der Waals surface area contributed by atoms with Crippen LogP contribution in [0.15, 0.2) is 18.2 Å². The molecule has 1 saturated heterocycles. The van der Waals surface area contributed by atoms with Crippen molar-refractivity contribution < 1.29 is 13.6 Å². The minimum Gasteiger partial charge on any atom is -0.349 e. The van der Waals surface area contributed by atoms with Crippen LogP contribution in [0.4, 0.5) is 8.78 Å². The molecule has 1 amide bonds. The number of halogens is 2. The fourth-order valence-corrected chi connectivity index (χ4v) is 3.11. The first-order valence-electron chi connectivity index (χ1n) is 8.42. The van der Waals surface area contributed by atoms with Gasteiger partial charge >= 0.3 is 0 Å². The second-order valence-electron chi connectivity index (χ2n) is 6.69. The number of amides is 1. The molecule has 1 heterocycles. The molecule has 1 aromatic rings. The number of hydrogen-bond donors (Lipinski definition) is 2. The molecule has 1 aromatic carbocycles.